The van der Waals surface area contributed by atoms with E-state index in [2.05, 4.69) is 18.1 Å². The first kappa shape index (κ1) is 11.1. The van der Waals surface area contributed by atoms with Crippen LogP contribution in [0.4, 0.5) is 0 Å². The largest absolute Gasteiger partial charge is 0.120 e. The third kappa shape index (κ3) is 4.35. The molecule has 1 aromatic carbocycles. The van der Waals surface area contributed by atoms with Crippen molar-refractivity contribution in [2.75, 3.05) is 0 Å². The van der Waals surface area contributed by atoms with E-state index >= 15 is 0 Å². The lowest BCUT2D eigenvalue weighted by Crippen LogP contribution is -1.85. The molecule has 1 rings (SSSR count). The van der Waals surface area contributed by atoms with E-state index in [1.807, 2.05) is 12.1 Å². The zero-order valence-electron chi connectivity index (χ0n) is 8.30. The van der Waals surface area contributed by atoms with E-state index in [1.54, 1.807) is 0 Å². The molecule has 0 aliphatic heterocycles. The normalized spacial score (nSPS) is 9.71. The fourth-order valence-corrected chi connectivity index (χ4v) is 1.51. The number of terminal acetylenes is 1. The van der Waals surface area contributed by atoms with Gasteiger partial charge in [0.1, 0.15) is 0 Å². The second kappa shape index (κ2) is 6.51. The van der Waals surface area contributed by atoms with Crippen LogP contribution in [-0.4, -0.2) is 0 Å². The number of benzene rings is 1. The zero-order valence-corrected chi connectivity index (χ0v) is 9.06. The summed E-state index contributed by atoms with van der Waals surface area (Å²) in [5.74, 6) is 2.66. The van der Waals surface area contributed by atoms with E-state index in [-0.39, 0.29) is 0 Å². The summed E-state index contributed by atoms with van der Waals surface area (Å²) in [6.07, 6.45) is 10.8. The highest BCUT2D eigenvalue weighted by atomic mass is 35.5. The Hall–Kier alpha value is -0.930. The molecule has 1 aromatic rings. The van der Waals surface area contributed by atoms with E-state index in [1.165, 1.54) is 18.4 Å². The molecule has 0 bridgehead atoms. The molecule has 0 radical (unpaired) electrons. The molecule has 0 nitrogen and oxygen atoms in total. The van der Waals surface area contributed by atoms with Crippen LogP contribution >= 0.6 is 11.6 Å². The SMILES string of the molecule is C#CCCCCCc1ccc(Cl)cc1. The Kier molecular flexibility index (Phi) is 5.19. The van der Waals surface area contributed by atoms with Crippen molar-refractivity contribution in [2.45, 2.75) is 32.1 Å². The number of aryl methyl sites for hydroxylation is 1. The molecule has 0 spiro atoms. The van der Waals surface area contributed by atoms with Crippen molar-refractivity contribution in [3.05, 3.63) is 34.9 Å². The predicted octanol–water partition coefficient (Wildman–Crippen LogP) is 4.08. The van der Waals surface area contributed by atoms with Crippen LogP contribution in [0, 0.1) is 12.3 Å². The third-order valence-electron chi connectivity index (χ3n) is 2.20. The molecule has 0 aliphatic rings. The smallest absolute Gasteiger partial charge is 0.0406 e. The first-order chi connectivity index (χ1) is 6.83. The number of halogens is 1. The Morgan fingerprint density at radius 1 is 1.07 bits per heavy atom. The molecule has 0 saturated heterocycles. The highest BCUT2D eigenvalue weighted by Crippen LogP contribution is 2.12. The van der Waals surface area contributed by atoms with E-state index in [9.17, 15) is 0 Å². The highest BCUT2D eigenvalue weighted by molar-refractivity contribution is 6.30. The molecule has 14 heavy (non-hydrogen) atoms. The first-order valence-corrected chi connectivity index (χ1v) is 5.38. The van der Waals surface area contributed by atoms with Gasteiger partial charge in [-0.15, -0.1) is 12.3 Å². The third-order valence-corrected chi connectivity index (χ3v) is 2.45. The summed E-state index contributed by atoms with van der Waals surface area (Å²) in [5.41, 5.74) is 1.36. The molecule has 0 amide bonds. The molecule has 0 atom stereocenters. The van der Waals surface area contributed by atoms with Crippen LogP contribution in [0.3, 0.4) is 0 Å². The van der Waals surface area contributed by atoms with Crippen LogP contribution < -0.4 is 0 Å². The highest BCUT2D eigenvalue weighted by Gasteiger charge is 1.93. The van der Waals surface area contributed by atoms with Gasteiger partial charge >= 0.3 is 0 Å². The standard InChI is InChI=1S/C13H15Cl/c1-2-3-4-5-6-7-12-8-10-13(14)11-9-12/h1,8-11H,3-7H2. The lowest BCUT2D eigenvalue weighted by Gasteiger charge is -2.00. The van der Waals surface area contributed by atoms with Crippen molar-refractivity contribution < 1.29 is 0 Å². The maximum atomic E-state index is 5.79. The number of hydrogen-bond donors (Lipinski definition) is 0. The van der Waals surface area contributed by atoms with Crippen molar-refractivity contribution in [1.82, 2.24) is 0 Å². The molecule has 0 saturated carbocycles. The lowest BCUT2D eigenvalue weighted by atomic mass is 10.1. The number of hydrogen-bond acceptors (Lipinski definition) is 0. The second-order valence-electron chi connectivity index (χ2n) is 3.39. The van der Waals surface area contributed by atoms with E-state index in [0.29, 0.717) is 0 Å². The van der Waals surface area contributed by atoms with Gasteiger partial charge in [-0.2, -0.15) is 0 Å². The summed E-state index contributed by atoms with van der Waals surface area (Å²) < 4.78 is 0. The van der Waals surface area contributed by atoms with Crippen LogP contribution in [-0.2, 0) is 6.42 Å². The lowest BCUT2D eigenvalue weighted by molar-refractivity contribution is 0.693. The molecule has 0 aromatic heterocycles. The molecular weight excluding hydrogens is 192 g/mol. The van der Waals surface area contributed by atoms with E-state index in [0.717, 1.165) is 24.3 Å². The summed E-state index contributed by atoms with van der Waals surface area (Å²) in [5, 5.41) is 0.807. The minimum Gasteiger partial charge on any atom is -0.120 e. The molecule has 0 fully saturated rings. The van der Waals surface area contributed by atoms with Crippen LogP contribution in [0.15, 0.2) is 24.3 Å². The maximum Gasteiger partial charge on any atom is 0.0406 e. The summed E-state index contributed by atoms with van der Waals surface area (Å²) in [7, 11) is 0. The van der Waals surface area contributed by atoms with Gasteiger partial charge in [0, 0.05) is 11.4 Å². The zero-order chi connectivity index (χ0) is 10.2. The van der Waals surface area contributed by atoms with Gasteiger partial charge in [-0.3, -0.25) is 0 Å². The van der Waals surface area contributed by atoms with E-state index in [4.69, 9.17) is 18.0 Å². The Labute approximate surface area is 91.3 Å². The molecule has 0 N–H and O–H groups in total. The van der Waals surface area contributed by atoms with Gasteiger partial charge in [0.05, 0.1) is 0 Å². The van der Waals surface area contributed by atoms with Gasteiger partial charge in [0.2, 0.25) is 0 Å². The van der Waals surface area contributed by atoms with Crippen LogP contribution in [0.1, 0.15) is 31.2 Å². The fraction of sp³-hybridized carbons (Fsp3) is 0.385. The molecule has 0 unspecified atom stereocenters. The van der Waals surface area contributed by atoms with Crippen LogP contribution in [0.25, 0.3) is 0 Å². The summed E-state index contributed by atoms with van der Waals surface area (Å²) in [6, 6.07) is 8.06. The Morgan fingerprint density at radius 3 is 2.43 bits per heavy atom. The van der Waals surface area contributed by atoms with Crippen LogP contribution in [0.5, 0.6) is 0 Å². The van der Waals surface area contributed by atoms with Gasteiger partial charge in [-0.25, -0.2) is 0 Å². The maximum absolute atomic E-state index is 5.79. The Balaban J connectivity index is 2.19. The summed E-state index contributed by atoms with van der Waals surface area (Å²) in [6.45, 7) is 0. The number of unbranched alkanes of at least 4 members (excludes halogenated alkanes) is 3. The molecule has 0 aliphatic carbocycles. The first-order valence-electron chi connectivity index (χ1n) is 5.01. The van der Waals surface area contributed by atoms with Gasteiger partial charge < -0.3 is 0 Å². The van der Waals surface area contributed by atoms with Crippen molar-refractivity contribution in [1.29, 1.82) is 0 Å². The quantitative estimate of drug-likeness (QED) is 0.503. The molecule has 1 heteroatoms. The van der Waals surface area contributed by atoms with Crippen molar-refractivity contribution in [3.8, 4) is 12.3 Å². The topological polar surface area (TPSA) is 0 Å². The monoisotopic (exact) mass is 206 g/mol. The molecule has 0 heterocycles. The Morgan fingerprint density at radius 2 is 1.79 bits per heavy atom. The van der Waals surface area contributed by atoms with Crippen molar-refractivity contribution >= 4 is 11.6 Å². The predicted molar refractivity (Wildman–Crippen MR) is 62.5 cm³/mol. The second-order valence-corrected chi connectivity index (χ2v) is 3.83. The number of rotatable bonds is 5. The Bertz CT molecular complexity index is 292. The van der Waals surface area contributed by atoms with Gasteiger partial charge in [-0.05, 0) is 37.0 Å². The average Bonchev–Trinajstić information content (AvgIpc) is 2.21. The van der Waals surface area contributed by atoms with Crippen molar-refractivity contribution in [2.24, 2.45) is 0 Å². The molecular formula is C13H15Cl. The average molecular weight is 207 g/mol. The van der Waals surface area contributed by atoms with Crippen LogP contribution in [0.2, 0.25) is 5.02 Å². The fourth-order valence-electron chi connectivity index (χ4n) is 1.38. The minimum atomic E-state index is 0.807. The minimum absolute atomic E-state index is 0.807. The molecule has 74 valence electrons. The van der Waals surface area contributed by atoms with Gasteiger partial charge in [0.15, 0.2) is 0 Å². The van der Waals surface area contributed by atoms with E-state index < -0.39 is 0 Å². The summed E-state index contributed by atoms with van der Waals surface area (Å²) in [4.78, 5) is 0. The van der Waals surface area contributed by atoms with Crippen molar-refractivity contribution in [3.63, 3.8) is 0 Å². The van der Waals surface area contributed by atoms with Gasteiger partial charge in [0.25, 0.3) is 0 Å². The summed E-state index contributed by atoms with van der Waals surface area (Å²) >= 11 is 5.79. The van der Waals surface area contributed by atoms with Gasteiger partial charge in [-0.1, -0.05) is 30.2 Å².